The van der Waals surface area contributed by atoms with E-state index < -0.39 is 0 Å². The molecule has 0 aromatic rings. The van der Waals surface area contributed by atoms with Gasteiger partial charge < -0.3 is 10.1 Å². The third-order valence-corrected chi connectivity index (χ3v) is 3.27. The van der Waals surface area contributed by atoms with Crippen LogP contribution in [0.5, 0.6) is 0 Å². The number of halogens is 1. The van der Waals surface area contributed by atoms with Crippen LogP contribution in [-0.2, 0) is 9.53 Å². The van der Waals surface area contributed by atoms with E-state index in [-0.39, 0.29) is 29.7 Å². The Morgan fingerprint density at radius 3 is 3.00 bits per heavy atom. The second-order valence-electron chi connectivity index (χ2n) is 4.15. The summed E-state index contributed by atoms with van der Waals surface area (Å²) in [5, 5.41) is 3.36. The highest BCUT2D eigenvalue weighted by Gasteiger charge is 2.58. The summed E-state index contributed by atoms with van der Waals surface area (Å²) in [4.78, 5) is 11.4. The van der Waals surface area contributed by atoms with Crippen molar-refractivity contribution in [3.05, 3.63) is 0 Å². The molecule has 4 heteroatoms. The highest BCUT2D eigenvalue weighted by atomic mass is 35.5. The maximum Gasteiger partial charge on any atom is 0.309 e. The van der Waals surface area contributed by atoms with Crippen LogP contribution in [0.3, 0.4) is 0 Å². The highest BCUT2D eigenvalue weighted by molar-refractivity contribution is 5.85. The topological polar surface area (TPSA) is 38.3 Å². The Bertz CT molecular complexity index is 214. The zero-order valence-electron chi connectivity index (χ0n) is 8.54. The van der Waals surface area contributed by atoms with Gasteiger partial charge in [-0.2, -0.15) is 0 Å². The molecule has 1 aliphatic carbocycles. The summed E-state index contributed by atoms with van der Waals surface area (Å²) in [6.45, 7) is 4.50. The van der Waals surface area contributed by atoms with Crippen LogP contribution in [0.1, 0.15) is 26.2 Å². The molecule has 2 fully saturated rings. The SMILES string of the molecule is CCOC(=O)C1CC12CCCNC2.Cl. The maximum atomic E-state index is 11.4. The first kappa shape index (κ1) is 11.8. The predicted octanol–water partition coefficient (Wildman–Crippen LogP) is 1.36. The number of rotatable bonds is 2. The van der Waals surface area contributed by atoms with Gasteiger partial charge >= 0.3 is 5.97 Å². The molecule has 1 saturated heterocycles. The van der Waals surface area contributed by atoms with E-state index in [0.29, 0.717) is 6.61 Å². The largest absolute Gasteiger partial charge is 0.466 e. The van der Waals surface area contributed by atoms with E-state index in [0.717, 1.165) is 19.5 Å². The van der Waals surface area contributed by atoms with E-state index >= 15 is 0 Å². The van der Waals surface area contributed by atoms with Crippen LogP contribution in [0.2, 0.25) is 0 Å². The van der Waals surface area contributed by atoms with Gasteiger partial charge in [0.05, 0.1) is 12.5 Å². The molecule has 2 aliphatic rings. The van der Waals surface area contributed by atoms with Crippen molar-refractivity contribution in [2.75, 3.05) is 19.7 Å². The lowest BCUT2D eigenvalue weighted by Crippen LogP contribution is -2.33. The number of ether oxygens (including phenoxy) is 1. The Morgan fingerprint density at radius 2 is 2.43 bits per heavy atom. The van der Waals surface area contributed by atoms with E-state index in [1.807, 2.05) is 6.92 Å². The average Bonchev–Trinajstić information content (AvgIpc) is 2.81. The Kier molecular flexibility index (Phi) is 3.78. The van der Waals surface area contributed by atoms with Gasteiger partial charge in [-0.3, -0.25) is 4.79 Å². The summed E-state index contributed by atoms with van der Waals surface area (Å²) >= 11 is 0. The lowest BCUT2D eigenvalue weighted by molar-refractivity contribution is -0.145. The predicted molar refractivity (Wildman–Crippen MR) is 56.5 cm³/mol. The minimum atomic E-state index is 0. The number of nitrogens with one attached hydrogen (secondary N) is 1. The molecule has 2 unspecified atom stereocenters. The van der Waals surface area contributed by atoms with Crippen molar-refractivity contribution < 1.29 is 9.53 Å². The van der Waals surface area contributed by atoms with Crippen LogP contribution < -0.4 is 5.32 Å². The molecule has 1 heterocycles. The number of esters is 1. The summed E-state index contributed by atoms with van der Waals surface area (Å²) < 4.78 is 5.03. The number of carbonyl (C=O) groups excluding carboxylic acids is 1. The van der Waals surface area contributed by atoms with Gasteiger partial charge in [0.15, 0.2) is 0 Å². The number of hydrogen-bond donors (Lipinski definition) is 1. The molecule has 0 amide bonds. The highest BCUT2D eigenvalue weighted by Crippen LogP contribution is 2.56. The number of piperidine rings is 1. The number of carbonyl (C=O) groups is 1. The zero-order valence-corrected chi connectivity index (χ0v) is 9.36. The van der Waals surface area contributed by atoms with Crippen molar-refractivity contribution in [1.29, 1.82) is 0 Å². The van der Waals surface area contributed by atoms with Crippen LogP contribution in [0, 0.1) is 11.3 Å². The van der Waals surface area contributed by atoms with Crippen molar-refractivity contribution in [3.63, 3.8) is 0 Å². The van der Waals surface area contributed by atoms with Crippen molar-refractivity contribution in [2.24, 2.45) is 11.3 Å². The summed E-state index contributed by atoms with van der Waals surface area (Å²) in [7, 11) is 0. The first-order chi connectivity index (χ1) is 6.28. The number of hydrogen-bond acceptors (Lipinski definition) is 3. The quantitative estimate of drug-likeness (QED) is 0.713. The molecule has 1 aliphatic heterocycles. The Hall–Kier alpha value is -0.280. The molecule has 1 N–H and O–H groups in total. The van der Waals surface area contributed by atoms with Gasteiger partial charge in [-0.15, -0.1) is 12.4 Å². The minimum absolute atomic E-state index is 0. The summed E-state index contributed by atoms with van der Waals surface area (Å²) in [6.07, 6.45) is 3.44. The normalized spacial score (nSPS) is 34.8. The first-order valence-electron chi connectivity index (χ1n) is 5.16. The molecule has 0 aromatic heterocycles. The summed E-state index contributed by atoms with van der Waals surface area (Å²) in [5.74, 6) is 0.214. The molecule has 0 bridgehead atoms. The summed E-state index contributed by atoms with van der Waals surface area (Å²) in [5.41, 5.74) is 0.282. The van der Waals surface area contributed by atoms with Gasteiger partial charge in [-0.05, 0) is 38.1 Å². The molecule has 2 atom stereocenters. The molecule has 2 rings (SSSR count). The van der Waals surface area contributed by atoms with Crippen LogP contribution in [-0.4, -0.2) is 25.7 Å². The van der Waals surface area contributed by atoms with Gasteiger partial charge in [0.1, 0.15) is 0 Å². The molecule has 14 heavy (non-hydrogen) atoms. The lowest BCUT2D eigenvalue weighted by Gasteiger charge is -2.22. The third kappa shape index (κ3) is 2.04. The summed E-state index contributed by atoms with van der Waals surface area (Å²) in [6, 6.07) is 0. The Labute approximate surface area is 91.0 Å². The Balaban J connectivity index is 0.000000980. The first-order valence-corrected chi connectivity index (χ1v) is 5.16. The fourth-order valence-corrected chi connectivity index (χ4v) is 2.39. The standard InChI is InChI=1S/C10H17NO2.ClH/c1-2-13-9(12)8-6-10(8)4-3-5-11-7-10;/h8,11H,2-7H2,1H3;1H. The van der Waals surface area contributed by atoms with Crippen LogP contribution in [0.15, 0.2) is 0 Å². The van der Waals surface area contributed by atoms with Gasteiger partial charge in [-0.25, -0.2) is 0 Å². The zero-order chi connectivity index (χ0) is 9.31. The molecule has 0 radical (unpaired) electrons. The van der Waals surface area contributed by atoms with Gasteiger partial charge in [0.2, 0.25) is 0 Å². The smallest absolute Gasteiger partial charge is 0.309 e. The van der Waals surface area contributed by atoms with Crippen molar-refractivity contribution in [1.82, 2.24) is 5.32 Å². The van der Waals surface area contributed by atoms with Gasteiger partial charge in [0.25, 0.3) is 0 Å². The fraction of sp³-hybridized carbons (Fsp3) is 0.900. The average molecular weight is 220 g/mol. The van der Waals surface area contributed by atoms with Crippen molar-refractivity contribution >= 4 is 18.4 Å². The van der Waals surface area contributed by atoms with E-state index in [2.05, 4.69) is 5.32 Å². The maximum absolute atomic E-state index is 11.4. The third-order valence-electron chi connectivity index (χ3n) is 3.27. The van der Waals surface area contributed by atoms with Gasteiger partial charge in [-0.1, -0.05) is 0 Å². The molecule has 1 spiro atoms. The minimum Gasteiger partial charge on any atom is -0.466 e. The molecule has 3 nitrogen and oxygen atoms in total. The fourth-order valence-electron chi connectivity index (χ4n) is 2.39. The van der Waals surface area contributed by atoms with E-state index in [4.69, 9.17) is 4.74 Å². The van der Waals surface area contributed by atoms with Crippen molar-refractivity contribution in [2.45, 2.75) is 26.2 Å². The molecular formula is C10H18ClNO2. The second-order valence-corrected chi connectivity index (χ2v) is 4.15. The molecular weight excluding hydrogens is 202 g/mol. The lowest BCUT2D eigenvalue weighted by atomic mass is 9.94. The monoisotopic (exact) mass is 219 g/mol. The van der Waals surface area contributed by atoms with E-state index in [1.54, 1.807) is 0 Å². The van der Waals surface area contributed by atoms with Crippen LogP contribution in [0.4, 0.5) is 0 Å². The van der Waals surface area contributed by atoms with E-state index in [9.17, 15) is 4.79 Å². The van der Waals surface area contributed by atoms with Crippen LogP contribution >= 0.6 is 12.4 Å². The van der Waals surface area contributed by atoms with Gasteiger partial charge in [0, 0.05) is 6.54 Å². The van der Waals surface area contributed by atoms with E-state index in [1.165, 1.54) is 12.8 Å². The Morgan fingerprint density at radius 1 is 1.64 bits per heavy atom. The van der Waals surface area contributed by atoms with Crippen molar-refractivity contribution in [3.8, 4) is 0 Å². The molecule has 82 valence electrons. The second kappa shape index (κ2) is 4.49. The molecule has 1 saturated carbocycles. The molecule has 0 aromatic carbocycles. The van der Waals surface area contributed by atoms with Crippen LogP contribution in [0.25, 0.3) is 0 Å².